The van der Waals surface area contributed by atoms with Crippen molar-refractivity contribution in [1.82, 2.24) is 14.9 Å². The van der Waals surface area contributed by atoms with Gasteiger partial charge in [0.15, 0.2) is 0 Å². The molecule has 1 fully saturated rings. The Morgan fingerprint density at radius 3 is 2.65 bits per heavy atom. The number of halogens is 1. The molecule has 31 heavy (non-hydrogen) atoms. The Kier molecular flexibility index (Phi) is 6.37. The van der Waals surface area contributed by atoms with Crippen LogP contribution >= 0.6 is 11.6 Å². The van der Waals surface area contributed by atoms with Crippen molar-refractivity contribution in [2.45, 2.75) is 31.7 Å². The number of carbonyl (C=O) groups is 1. The lowest BCUT2D eigenvalue weighted by Crippen LogP contribution is -2.31. The van der Waals surface area contributed by atoms with Crippen molar-refractivity contribution in [3.8, 4) is 16.9 Å². The smallest absolute Gasteiger partial charge is 0.223 e. The lowest BCUT2D eigenvalue weighted by Gasteiger charge is -2.26. The van der Waals surface area contributed by atoms with Crippen molar-refractivity contribution in [1.29, 1.82) is 0 Å². The summed E-state index contributed by atoms with van der Waals surface area (Å²) in [5.41, 5.74) is 9.66. The fourth-order valence-electron chi connectivity index (χ4n) is 4.05. The number of likely N-dealkylation sites (tertiary alicyclic amines) is 1. The molecule has 0 unspecified atom stereocenters. The van der Waals surface area contributed by atoms with Crippen molar-refractivity contribution < 1.29 is 9.53 Å². The number of benzene rings is 2. The summed E-state index contributed by atoms with van der Waals surface area (Å²) in [7, 11) is 1.64. The van der Waals surface area contributed by atoms with Crippen LogP contribution in [-0.4, -0.2) is 34.4 Å². The van der Waals surface area contributed by atoms with Crippen LogP contribution in [0, 0.1) is 0 Å². The number of amides is 1. The van der Waals surface area contributed by atoms with Gasteiger partial charge < -0.3 is 15.4 Å². The maximum Gasteiger partial charge on any atom is 0.223 e. The van der Waals surface area contributed by atoms with Crippen molar-refractivity contribution in [3.05, 3.63) is 71.0 Å². The van der Waals surface area contributed by atoms with Crippen LogP contribution < -0.4 is 10.5 Å². The molecule has 2 heterocycles. The number of nitrogens with zero attached hydrogens (tertiary/aromatic N) is 3. The van der Waals surface area contributed by atoms with Crippen molar-refractivity contribution in [2.75, 3.05) is 19.4 Å². The van der Waals surface area contributed by atoms with E-state index in [2.05, 4.69) is 9.97 Å². The van der Waals surface area contributed by atoms with Gasteiger partial charge in [-0.3, -0.25) is 4.79 Å². The predicted octanol–water partition coefficient (Wildman–Crippen LogP) is 4.68. The second kappa shape index (κ2) is 9.35. The van der Waals surface area contributed by atoms with E-state index in [1.807, 2.05) is 53.4 Å². The Labute approximate surface area is 187 Å². The number of aromatic nitrogens is 2. The highest BCUT2D eigenvalue weighted by molar-refractivity contribution is 6.30. The Morgan fingerprint density at radius 2 is 1.94 bits per heavy atom. The summed E-state index contributed by atoms with van der Waals surface area (Å²) in [5, 5.41) is 0.665. The summed E-state index contributed by atoms with van der Waals surface area (Å²) >= 11 is 6.05. The molecular formula is C24H25ClN4O2. The molecule has 0 bridgehead atoms. The maximum absolute atomic E-state index is 13.1. The topological polar surface area (TPSA) is 81.3 Å². The third kappa shape index (κ3) is 4.80. The molecule has 2 N–H and O–H groups in total. The van der Waals surface area contributed by atoms with Crippen LogP contribution in [-0.2, 0) is 11.2 Å². The molecular weight excluding hydrogens is 412 g/mol. The highest BCUT2D eigenvalue weighted by atomic mass is 35.5. The molecule has 160 valence electrons. The Hall–Kier alpha value is -3.12. The number of aryl methyl sites for hydroxylation is 1. The van der Waals surface area contributed by atoms with Crippen LogP contribution in [0.3, 0.4) is 0 Å². The van der Waals surface area contributed by atoms with Crippen LogP contribution in [0.5, 0.6) is 5.75 Å². The molecule has 1 aliphatic heterocycles. The summed E-state index contributed by atoms with van der Waals surface area (Å²) in [6, 6.07) is 15.3. The number of carbonyl (C=O) groups excluding carboxylic acids is 1. The minimum absolute atomic E-state index is 0.112. The second-order valence-corrected chi connectivity index (χ2v) is 8.06. The molecule has 4 rings (SSSR count). The number of hydrogen-bond acceptors (Lipinski definition) is 5. The first kappa shape index (κ1) is 21.1. The third-order valence-corrected chi connectivity index (χ3v) is 5.92. The van der Waals surface area contributed by atoms with Gasteiger partial charge in [0.05, 0.1) is 18.8 Å². The van der Waals surface area contributed by atoms with Gasteiger partial charge in [-0.15, -0.1) is 0 Å². The lowest BCUT2D eigenvalue weighted by atomic mass is 9.99. The highest BCUT2D eigenvalue weighted by Gasteiger charge is 2.32. The maximum atomic E-state index is 13.1. The van der Waals surface area contributed by atoms with Gasteiger partial charge in [-0.2, -0.15) is 0 Å². The summed E-state index contributed by atoms with van der Waals surface area (Å²) in [6.45, 7) is 0.718. The summed E-state index contributed by atoms with van der Waals surface area (Å²) in [4.78, 5) is 23.8. The van der Waals surface area contributed by atoms with Crippen molar-refractivity contribution in [2.24, 2.45) is 0 Å². The van der Waals surface area contributed by atoms with E-state index in [0.717, 1.165) is 47.5 Å². The largest absolute Gasteiger partial charge is 0.497 e. The monoisotopic (exact) mass is 436 g/mol. The van der Waals surface area contributed by atoms with Gasteiger partial charge in [0.1, 0.15) is 5.75 Å². The standard InChI is InChI=1S/C24H25ClN4O2/c1-31-19-11-4-16(5-12-19)6-13-22(30)29-14-2-3-21(29)23-20(15-27-24(26)28-23)17-7-9-18(25)10-8-17/h4-5,7-12,15,21H,2-3,6,13-14H2,1H3,(H2,26,27,28)/t21-/m0/s1. The number of ether oxygens (including phenoxy) is 1. The Balaban J connectivity index is 1.54. The molecule has 3 aromatic rings. The summed E-state index contributed by atoms with van der Waals surface area (Å²) in [6.07, 6.45) is 4.65. The molecule has 6 nitrogen and oxygen atoms in total. The average molecular weight is 437 g/mol. The normalized spacial score (nSPS) is 15.8. The molecule has 1 aromatic heterocycles. The number of nitrogen functional groups attached to an aromatic ring is 1. The predicted molar refractivity (Wildman–Crippen MR) is 122 cm³/mol. The van der Waals surface area contributed by atoms with E-state index in [1.54, 1.807) is 13.3 Å². The molecule has 0 saturated carbocycles. The summed E-state index contributed by atoms with van der Waals surface area (Å²) in [5.74, 6) is 1.15. The van der Waals surface area contributed by atoms with Gasteiger partial charge >= 0.3 is 0 Å². The van der Waals surface area contributed by atoms with Crippen LogP contribution in [0.1, 0.15) is 36.6 Å². The number of rotatable bonds is 6. The highest BCUT2D eigenvalue weighted by Crippen LogP contribution is 2.37. The summed E-state index contributed by atoms with van der Waals surface area (Å²) < 4.78 is 5.20. The average Bonchev–Trinajstić information content (AvgIpc) is 3.28. The van der Waals surface area contributed by atoms with E-state index in [1.165, 1.54) is 0 Å². The molecule has 2 aromatic carbocycles. The Morgan fingerprint density at radius 1 is 1.19 bits per heavy atom. The first-order chi connectivity index (χ1) is 15.0. The SMILES string of the molecule is COc1ccc(CCC(=O)N2CCC[C@H]2c2nc(N)ncc2-c2ccc(Cl)cc2)cc1. The fourth-order valence-corrected chi connectivity index (χ4v) is 4.18. The molecule has 0 radical (unpaired) electrons. The molecule has 7 heteroatoms. The van der Waals surface area contributed by atoms with Crippen molar-refractivity contribution in [3.63, 3.8) is 0 Å². The van der Waals surface area contributed by atoms with E-state index in [-0.39, 0.29) is 17.9 Å². The zero-order valence-corrected chi connectivity index (χ0v) is 18.2. The number of methoxy groups -OCH3 is 1. The van der Waals surface area contributed by atoms with Crippen LogP contribution in [0.4, 0.5) is 5.95 Å². The Bertz CT molecular complexity index is 1050. The van der Waals surface area contributed by atoms with E-state index in [9.17, 15) is 4.79 Å². The zero-order valence-electron chi connectivity index (χ0n) is 17.4. The second-order valence-electron chi connectivity index (χ2n) is 7.63. The quantitative estimate of drug-likeness (QED) is 0.606. The van der Waals surface area contributed by atoms with Gasteiger partial charge in [-0.1, -0.05) is 35.9 Å². The molecule has 1 aliphatic rings. The van der Waals surface area contributed by atoms with Crippen LogP contribution in [0.25, 0.3) is 11.1 Å². The van der Waals surface area contributed by atoms with Gasteiger partial charge in [0.25, 0.3) is 0 Å². The molecule has 0 spiro atoms. The molecule has 1 saturated heterocycles. The lowest BCUT2D eigenvalue weighted by molar-refractivity contribution is -0.132. The van der Waals surface area contributed by atoms with Crippen LogP contribution in [0.2, 0.25) is 5.02 Å². The van der Waals surface area contributed by atoms with Crippen molar-refractivity contribution >= 4 is 23.5 Å². The van der Waals surface area contributed by atoms with E-state index >= 15 is 0 Å². The molecule has 0 aliphatic carbocycles. The number of nitrogens with two attached hydrogens (primary N) is 1. The minimum Gasteiger partial charge on any atom is -0.497 e. The zero-order chi connectivity index (χ0) is 21.8. The fraction of sp³-hybridized carbons (Fsp3) is 0.292. The van der Waals surface area contributed by atoms with Gasteiger partial charge in [0.2, 0.25) is 11.9 Å². The first-order valence-electron chi connectivity index (χ1n) is 10.4. The molecule has 1 amide bonds. The van der Waals surface area contributed by atoms with E-state index in [0.29, 0.717) is 17.9 Å². The van der Waals surface area contributed by atoms with Gasteiger partial charge in [-0.25, -0.2) is 9.97 Å². The van der Waals surface area contributed by atoms with Crippen LogP contribution in [0.15, 0.2) is 54.7 Å². The third-order valence-electron chi connectivity index (χ3n) is 5.67. The first-order valence-corrected chi connectivity index (χ1v) is 10.7. The van der Waals surface area contributed by atoms with Gasteiger partial charge in [-0.05, 0) is 54.7 Å². The van der Waals surface area contributed by atoms with E-state index < -0.39 is 0 Å². The molecule has 1 atom stereocenters. The van der Waals surface area contributed by atoms with Gasteiger partial charge in [0, 0.05) is 29.7 Å². The van der Waals surface area contributed by atoms with E-state index in [4.69, 9.17) is 22.1 Å². The number of hydrogen-bond donors (Lipinski definition) is 1. The minimum atomic E-state index is -0.112. The number of anilines is 1.